The van der Waals surface area contributed by atoms with Crippen molar-refractivity contribution in [3.05, 3.63) is 23.9 Å². The molecular formula is C13H18N2O2. The van der Waals surface area contributed by atoms with Crippen molar-refractivity contribution < 1.29 is 9.59 Å². The monoisotopic (exact) mass is 234 g/mol. The molecule has 2 aliphatic carbocycles. The molecule has 0 heterocycles. The van der Waals surface area contributed by atoms with Crippen molar-refractivity contribution in [2.45, 2.75) is 38.5 Å². The lowest BCUT2D eigenvalue weighted by Crippen LogP contribution is -2.41. The molecule has 0 radical (unpaired) electrons. The molecule has 1 fully saturated rings. The van der Waals surface area contributed by atoms with Gasteiger partial charge in [-0.2, -0.15) is 0 Å². The summed E-state index contributed by atoms with van der Waals surface area (Å²) in [7, 11) is 0. The molecule has 92 valence electrons. The Morgan fingerprint density at radius 3 is 2.59 bits per heavy atom. The molecule has 0 unspecified atom stereocenters. The van der Waals surface area contributed by atoms with E-state index in [0.717, 1.165) is 44.2 Å². The number of imide groups is 1. The van der Waals surface area contributed by atoms with Crippen LogP contribution in [0.2, 0.25) is 0 Å². The Bertz CT molecular complexity index is 366. The molecule has 0 bridgehead atoms. The number of hydrogen-bond donors (Lipinski definition) is 2. The fourth-order valence-corrected chi connectivity index (χ4v) is 2.27. The maximum absolute atomic E-state index is 11.7. The quantitative estimate of drug-likeness (QED) is 0.769. The molecule has 4 heteroatoms. The molecule has 0 atom stereocenters. The van der Waals surface area contributed by atoms with Crippen LogP contribution in [0.5, 0.6) is 0 Å². The van der Waals surface area contributed by atoms with Crippen LogP contribution in [0.4, 0.5) is 4.79 Å². The van der Waals surface area contributed by atoms with E-state index < -0.39 is 6.03 Å². The average Bonchev–Trinajstić information content (AvgIpc) is 2.83. The van der Waals surface area contributed by atoms with E-state index in [0.29, 0.717) is 0 Å². The molecule has 1 saturated carbocycles. The van der Waals surface area contributed by atoms with Crippen LogP contribution in [0.25, 0.3) is 0 Å². The lowest BCUT2D eigenvalue weighted by Gasteiger charge is -2.12. The summed E-state index contributed by atoms with van der Waals surface area (Å²) in [5.41, 5.74) is 0.771. The largest absolute Gasteiger partial charge is 0.325 e. The number of amides is 3. The smallest absolute Gasteiger partial charge is 0.308 e. The minimum atomic E-state index is -0.417. The highest BCUT2D eigenvalue weighted by atomic mass is 16.2. The van der Waals surface area contributed by atoms with Gasteiger partial charge in [0.15, 0.2) is 0 Å². The van der Waals surface area contributed by atoms with Gasteiger partial charge in [-0.25, -0.2) is 4.79 Å². The standard InChI is InChI=1S/C13H18N2O2/c16-12(10-6-4-5-7-10)15-13(17)14-11-8-2-1-3-9-11/h2,8-10H,1,3-7H2,(H2,14,15,16,17). The molecule has 4 nitrogen and oxygen atoms in total. The number of urea groups is 1. The molecule has 0 saturated heterocycles. The van der Waals surface area contributed by atoms with Gasteiger partial charge in [-0.15, -0.1) is 0 Å². The van der Waals surface area contributed by atoms with Gasteiger partial charge in [0.1, 0.15) is 0 Å². The van der Waals surface area contributed by atoms with Crippen LogP contribution >= 0.6 is 0 Å². The maximum atomic E-state index is 11.7. The maximum Gasteiger partial charge on any atom is 0.325 e. The second-order valence-corrected chi connectivity index (χ2v) is 4.56. The second-order valence-electron chi connectivity index (χ2n) is 4.56. The topological polar surface area (TPSA) is 58.2 Å². The summed E-state index contributed by atoms with van der Waals surface area (Å²) in [4.78, 5) is 23.2. The molecule has 0 aromatic heterocycles. The molecule has 2 N–H and O–H groups in total. The number of carbonyl (C=O) groups is 2. The summed E-state index contributed by atoms with van der Waals surface area (Å²) in [5.74, 6) is -0.114. The summed E-state index contributed by atoms with van der Waals surface area (Å²) in [6, 6.07) is -0.417. The Kier molecular flexibility index (Phi) is 3.96. The Labute approximate surface area is 101 Å². The summed E-state index contributed by atoms with van der Waals surface area (Å²) >= 11 is 0. The van der Waals surface area contributed by atoms with Crippen LogP contribution in [0.3, 0.4) is 0 Å². The summed E-state index contributed by atoms with van der Waals surface area (Å²) in [6.45, 7) is 0. The number of allylic oxidation sites excluding steroid dienone is 3. The summed E-state index contributed by atoms with van der Waals surface area (Å²) in [5, 5.41) is 5.08. The Hall–Kier alpha value is -1.58. The fourth-order valence-electron chi connectivity index (χ4n) is 2.27. The van der Waals surface area contributed by atoms with E-state index in [-0.39, 0.29) is 11.8 Å². The fraction of sp³-hybridized carbons (Fsp3) is 0.538. The summed E-state index contributed by atoms with van der Waals surface area (Å²) in [6.07, 6.45) is 11.8. The van der Waals surface area contributed by atoms with Crippen LogP contribution in [0.1, 0.15) is 38.5 Å². The SMILES string of the molecule is O=C(NC(=O)C1CCCC1)NC1=CCCC=C1. The van der Waals surface area contributed by atoms with Crippen molar-refractivity contribution >= 4 is 11.9 Å². The van der Waals surface area contributed by atoms with Gasteiger partial charge >= 0.3 is 6.03 Å². The molecule has 2 rings (SSSR count). The van der Waals surface area contributed by atoms with Gasteiger partial charge < -0.3 is 5.32 Å². The van der Waals surface area contributed by atoms with Crippen LogP contribution in [0.15, 0.2) is 23.9 Å². The van der Waals surface area contributed by atoms with E-state index in [1.807, 2.05) is 18.2 Å². The van der Waals surface area contributed by atoms with Crippen molar-refractivity contribution in [2.24, 2.45) is 5.92 Å². The molecule has 0 spiro atoms. The molecule has 0 aliphatic heterocycles. The zero-order valence-electron chi connectivity index (χ0n) is 9.87. The first-order valence-corrected chi connectivity index (χ1v) is 6.24. The van der Waals surface area contributed by atoms with Crippen LogP contribution < -0.4 is 10.6 Å². The first-order chi connectivity index (χ1) is 8.25. The predicted octanol–water partition coefficient (Wildman–Crippen LogP) is 2.24. The Balaban J connectivity index is 1.78. The Morgan fingerprint density at radius 1 is 1.18 bits per heavy atom. The van der Waals surface area contributed by atoms with Crippen molar-refractivity contribution in [1.29, 1.82) is 0 Å². The zero-order chi connectivity index (χ0) is 12.1. The third-order valence-corrected chi connectivity index (χ3v) is 3.22. The number of hydrogen-bond acceptors (Lipinski definition) is 2. The van der Waals surface area contributed by atoms with Crippen molar-refractivity contribution in [3.63, 3.8) is 0 Å². The average molecular weight is 234 g/mol. The van der Waals surface area contributed by atoms with Crippen molar-refractivity contribution in [2.75, 3.05) is 0 Å². The molecule has 17 heavy (non-hydrogen) atoms. The third-order valence-electron chi connectivity index (χ3n) is 3.22. The summed E-state index contributed by atoms with van der Waals surface area (Å²) < 4.78 is 0. The van der Waals surface area contributed by atoms with Gasteiger partial charge in [-0.05, 0) is 31.8 Å². The highest BCUT2D eigenvalue weighted by Gasteiger charge is 2.23. The molecule has 2 aliphatic rings. The van der Waals surface area contributed by atoms with Gasteiger partial charge in [0.25, 0.3) is 0 Å². The van der Waals surface area contributed by atoms with Gasteiger partial charge in [0.05, 0.1) is 0 Å². The van der Waals surface area contributed by atoms with E-state index in [1.165, 1.54) is 0 Å². The zero-order valence-corrected chi connectivity index (χ0v) is 9.87. The van der Waals surface area contributed by atoms with E-state index >= 15 is 0 Å². The molecule has 3 amide bonds. The first-order valence-electron chi connectivity index (χ1n) is 6.24. The lowest BCUT2D eigenvalue weighted by molar-refractivity contribution is -0.123. The predicted molar refractivity (Wildman–Crippen MR) is 65.1 cm³/mol. The highest BCUT2D eigenvalue weighted by Crippen LogP contribution is 2.24. The highest BCUT2D eigenvalue weighted by molar-refractivity contribution is 5.96. The molecule has 0 aromatic rings. The lowest BCUT2D eigenvalue weighted by atomic mass is 10.1. The van der Waals surface area contributed by atoms with E-state index in [9.17, 15) is 9.59 Å². The van der Waals surface area contributed by atoms with Gasteiger partial charge in [0.2, 0.25) is 5.91 Å². The van der Waals surface area contributed by atoms with Crippen LogP contribution in [-0.2, 0) is 4.79 Å². The van der Waals surface area contributed by atoms with E-state index in [1.54, 1.807) is 0 Å². The van der Waals surface area contributed by atoms with Crippen molar-refractivity contribution in [1.82, 2.24) is 10.6 Å². The van der Waals surface area contributed by atoms with Gasteiger partial charge in [0, 0.05) is 11.6 Å². The minimum absolute atomic E-state index is 0.0247. The van der Waals surface area contributed by atoms with Gasteiger partial charge in [-0.3, -0.25) is 10.1 Å². The Morgan fingerprint density at radius 2 is 1.94 bits per heavy atom. The molecular weight excluding hydrogens is 216 g/mol. The second kappa shape index (κ2) is 5.66. The number of carbonyl (C=O) groups excluding carboxylic acids is 2. The van der Waals surface area contributed by atoms with Crippen LogP contribution in [0, 0.1) is 5.92 Å². The van der Waals surface area contributed by atoms with E-state index in [4.69, 9.17) is 0 Å². The van der Waals surface area contributed by atoms with Crippen LogP contribution in [-0.4, -0.2) is 11.9 Å². The normalized spacial score (nSPS) is 19.9. The van der Waals surface area contributed by atoms with Crippen molar-refractivity contribution in [3.8, 4) is 0 Å². The number of nitrogens with one attached hydrogen (secondary N) is 2. The minimum Gasteiger partial charge on any atom is -0.308 e. The molecule has 0 aromatic carbocycles. The van der Waals surface area contributed by atoms with Gasteiger partial charge in [-0.1, -0.05) is 25.0 Å². The third kappa shape index (κ3) is 3.44. The number of rotatable bonds is 2. The van der Waals surface area contributed by atoms with E-state index in [2.05, 4.69) is 10.6 Å². The first kappa shape index (κ1) is 11.9.